The molecule has 1 N–H and O–H groups in total. The minimum absolute atomic E-state index is 0.765. The second-order valence-electron chi connectivity index (χ2n) is 4.07. The molecule has 0 aliphatic carbocycles. The van der Waals surface area contributed by atoms with E-state index in [1.54, 1.807) is 4.52 Å². The van der Waals surface area contributed by atoms with Gasteiger partial charge in [0.2, 0.25) is 0 Å². The van der Waals surface area contributed by atoms with Gasteiger partial charge in [0.25, 0.3) is 0 Å². The maximum Gasteiger partial charge on any atom is 0.177 e. The van der Waals surface area contributed by atoms with Crippen LogP contribution in [0.1, 0.15) is 5.82 Å². The third-order valence-electron chi connectivity index (χ3n) is 2.87. The Labute approximate surface area is 104 Å². The van der Waals surface area contributed by atoms with E-state index in [1.807, 2.05) is 44.3 Å². The third-order valence-corrected chi connectivity index (χ3v) is 2.87. The minimum atomic E-state index is 0.765. The molecule has 2 aromatic heterocycles. The lowest BCUT2D eigenvalue weighted by molar-refractivity contribution is 0.880. The van der Waals surface area contributed by atoms with Crippen molar-refractivity contribution in [3.8, 4) is 11.3 Å². The van der Waals surface area contributed by atoms with Crippen LogP contribution in [-0.2, 0) is 0 Å². The van der Waals surface area contributed by atoms with Crippen molar-refractivity contribution in [2.24, 2.45) is 0 Å². The third kappa shape index (κ3) is 1.69. The highest BCUT2D eigenvalue weighted by atomic mass is 15.4. The van der Waals surface area contributed by atoms with Crippen molar-refractivity contribution in [3.05, 3.63) is 42.2 Å². The molecule has 0 saturated heterocycles. The Morgan fingerprint density at radius 1 is 1.11 bits per heavy atom. The molecule has 0 atom stereocenters. The number of nitrogens with one attached hydrogen (secondary N) is 1. The molecule has 0 radical (unpaired) electrons. The van der Waals surface area contributed by atoms with E-state index in [1.165, 1.54) is 0 Å². The summed E-state index contributed by atoms with van der Waals surface area (Å²) in [5.74, 6) is 0.789. The molecule has 1 aromatic carbocycles. The van der Waals surface area contributed by atoms with Crippen molar-refractivity contribution < 1.29 is 0 Å². The SMILES string of the molecule is CNc1cccc(-c2ccc3nnc(C)n3n2)c1. The van der Waals surface area contributed by atoms with Crippen LogP contribution < -0.4 is 5.32 Å². The van der Waals surface area contributed by atoms with Gasteiger partial charge < -0.3 is 5.32 Å². The van der Waals surface area contributed by atoms with E-state index in [9.17, 15) is 0 Å². The lowest BCUT2D eigenvalue weighted by Crippen LogP contribution is -1.97. The lowest BCUT2D eigenvalue weighted by atomic mass is 10.1. The minimum Gasteiger partial charge on any atom is -0.388 e. The molecule has 0 fully saturated rings. The summed E-state index contributed by atoms with van der Waals surface area (Å²) in [6.45, 7) is 1.89. The highest BCUT2D eigenvalue weighted by molar-refractivity contribution is 5.65. The Morgan fingerprint density at radius 3 is 2.83 bits per heavy atom. The van der Waals surface area contributed by atoms with E-state index in [4.69, 9.17) is 0 Å². The van der Waals surface area contributed by atoms with Crippen LogP contribution in [0.5, 0.6) is 0 Å². The first-order valence-corrected chi connectivity index (χ1v) is 5.75. The standard InChI is InChI=1S/C13H13N5/c1-9-15-16-13-7-6-12(17-18(9)13)10-4-3-5-11(8-10)14-2/h3-8,14H,1-2H3. The van der Waals surface area contributed by atoms with Gasteiger partial charge in [0, 0.05) is 18.3 Å². The van der Waals surface area contributed by atoms with Crippen LogP contribution in [0, 0.1) is 6.92 Å². The van der Waals surface area contributed by atoms with Gasteiger partial charge in [0.1, 0.15) is 0 Å². The fourth-order valence-electron chi connectivity index (χ4n) is 1.88. The number of anilines is 1. The molecule has 18 heavy (non-hydrogen) atoms. The normalized spacial score (nSPS) is 10.8. The van der Waals surface area contributed by atoms with Gasteiger partial charge in [-0.1, -0.05) is 12.1 Å². The first-order chi connectivity index (χ1) is 8.78. The van der Waals surface area contributed by atoms with E-state index in [-0.39, 0.29) is 0 Å². The molecular weight excluding hydrogens is 226 g/mol. The van der Waals surface area contributed by atoms with E-state index in [2.05, 4.69) is 26.7 Å². The van der Waals surface area contributed by atoms with Crippen molar-refractivity contribution in [1.82, 2.24) is 19.8 Å². The maximum absolute atomic E-state index is 4.54. The Hall–Kier alpha value is -2.43. The van der Waals surface area contributed by atoms with Crippen LogP contribution in [0.15, 0.2) is 36.4 Å². The van der Waals surface area contributed by atoms with Gasteiger partial charge in [-0.3, -0.25) is 0 Å². The van der Waals surface area contributed by atoms with Crippen LogP contribution in [0.25, 0.3) is 16.9 Å². The zero-order chi connectivity index (χ0) is 12.5. The predicted molar refractivity (Wildman–Crippen MR) is 70.5 cm³/mol. The molecule has 0 spiro atoms. The summed E-state index contributed by atoms with van der Waals surface area (Å²) < 4.78 is 1.75. The van der Waals surface area contributed by atoms with Crippen molar-refractivity contribution in [3.63, 3.8) is 0 Å². The first-order valence-electron chi connectivity index (χ1n) is 5.75. The summed E-state index contributed by atoms with van der Waals surface area (Å²) >= 11 is 0. The lowest BCUT2D eigenvalue weighted by Gasteiger charge is -2.04. The van der Waals surface area contributed by atoms with Crippen molar-refractivity contribution >= 4 is 11.3 Å². The molecule has 0 saturated carbocycles. The molecule has 3 rings (SSSR count). The molecule has 2 heterocycles. The number of nitrogens with zero attached hydrogens (tertiary/aromatic N) is 4. The van der Waals surface area contributed by atoms with Gasteiger partial charge in [-0.25, -0.2) is 0 Å². The highest BCUT2D eigenvalue weighted by Gasteiger charge is 2.05. The largest absolute Gasteiger partial charge is 0.388 e. The van der Waals surface area contributed by atoms with Crippen molar-refractivity contribution in [2.75, 3.05) is 12.4 Å². The summed E-state index contributed by atoms with van der Waals surface area (Å²) in [6, 6.07) is 12.0. The second kappa shape index (κ2) is 4.10. The molecule has 0 bridgehead atoms. The van der Waals surface area contributed by atoms with Crippen LogP contribution in [0.3, 0.4) is 0 Å². The number of aromatic nitrogens is 4. The Kier molecular flexibility index (Phi) is 2.44. The van der Waals surface area contributed by atoms with Gasteiger partial charge in [0.15, 0.2) is 11.5 Å². The van der Waals surface area contributed by atoms with E-state index in [0.29, 0.717) is 0 Å². The van der Waals surface area contributed by atoms with Gasteiger partial charge >= 0.3 is 0 Å². The van der Waals surface area contributed by atoms with Crippen molar-refractivity contribution in [1.29, 1.82) is 0 Å². The molecule has 3 aromatic rings. The molecule has 5 nitrogen and oxygen atoms in total. The zero-order valence-electron chi connectivity index (χ0n) is 10.3. The Bertz CT molecular complexity index is 701. The molecule has 0 unspecified atom stereocenters. The average molecular weight is 239 g/mol. The summed E-state index contributed by atoms with van der Waals surface area (Å²) in [4.78, 5) is 0. The van der Waals surface area contributed by atoms with Gasteiger partial charge in [-0.15, -0.1) is 10.2 Å². The Balaban J connectivity index is 2.15. The summed E-state index contributed by atoms with van der Waals surface area (Å²) in [5, 5.41) is 15.7. The monoisotopic (exact) mass is 239 g/mol. The van der Waals surface area contributed by atoms with Crippen LogP contribution in [-0.4, -0.2) is 26.9 Å². The molecule has 0 amide bonds. The molecule has 0 aliphatic heterocycles. The van der Waals surface area contributed by atoms with Crippen molar-refractivity contribution in [2.45, 2.75) is 6.92 Å². The van der Waals surface area contributed by atoms with Crippen LogP contribution in [0.2, 0.25) is 0 Å². The number of rotatable bonds is 2. The van der Waals surface area contributed by atoms with E-state index < -0.39 is 0 Å². The zero-order valence-corrected chi connectivity index (χ0v) is 10.3. The summed E-state index contributed by atoms with van der Waals surface area (Å²) in [7, 11) is 1.90. The molecular formula is C13H13N5. The van der Waals surface area contributed by atoms with Crippen LogP contribution in [0.4, 0.5) is 5.69 Å². The number of hydrogen-bond acceptors (Lipinski definition) is 4. The fourth-order valence-corrected chi connectivity index (χ4v) is 1.88. The van der Waals surface area contributed by atoms with Gasteiger partial charge in [-0.2, -0.15) is 9.61 Å². The van der Waals surface area contributed by atoms with Gasteiger partial charge in [-0.05, 0) is 31.2 Å². The Morgan fingerprint density at radius 2 is 2.00 bits per heavy atom. The topological polar surface area (TPSA) is 55.1 Å². The van der Waals surface area contributed by atoms with E-state index in [0.717, 1.165) is 28.4 Å². The summed E-state index contributed by atoms with van der Waals surface area (Å²) in [6.07, 6.45) is 0. The molecule has 0 aliphatic rings. The quantitative estimate of drug-likeness (QED) is 0.744. The second-order valence-corrected chi connectivity index (χ2v) is 4.07. The number of aryl methyl sites for hydroxylation is 1. The highest BCUT2D eigenvalue weighted by Crippen LogP contribution is 2.20. The predicted octanol–water partition coefficient (Wildman–Crippen LogP) is 2.14. The number of hydrogen-bond donors (Lipinski definition) is 1. The fraction of sp³-hybridized carbons (Fsp3) is 0.154. The first kappa shape index (κ1) is 10.7. The number of benzene rings is 1. The van der Waals surface area contributed by atoms with Gasteiger partial charge in [0.05, 0.1) is 5.69 Å². The summed E-state index contributed by atoms with van der Waals surface area (Å²) in [5.41, 5.74) is 3.80. The average Bonchev–Trinajstić information content (AvgIpc) is 2.80. The molecule has 90 valence electrons. The number of fused-ring (bicyclic) bond motifs is 1. The molecule has 5 heteroatoms. The van der Waals surface area contributed by atoms with Crippen LogP contribution >= 0.6 is 0 Å². The van der Waals surface area contributed by atoms with E-state index >= 15 is 0 Å². The maximum atomic E-state index is 4.54. The smallest absolute Gasteiger partial charge is 0.177 e.